The van der Waals surface area contributed by atoms with E-state index in [1.807, 2.05) is 6.92 Å². The van der Waals surface area contributed by atoms with Gasteiger partial charge in [-0.25, -0.2) is 0 Å². The van der Waals surface area contributed by atoms with E-state index in [0.29, 0.717) is 32.1 Å². The molecule has 88 heavy (non-hydrogen) atoms. The lowest BCUT2D eigenvalue weighted by molar-refractivity contribution is -0.382. The third-order valence-electron chi connectivity index (χ3n) is 23.1. The zero-order valence-corrected chi connectivity index (χ0v) is 50.5. The van der Waals surface area contributed by atoms with E-state index in [4.69, 9.17) is 47.4 Å². The summed E-state index contributed by atoms with van der Waals surface area (Å²) >= 11 is 0. The van der Waals surface area contributed by atoms with Crippen molar-refractivity contribution in [3.05, 3.63) is 11.6 Å². The van der Waals surface area contributed by atoms with Crippen molar-refractivity contribution in [1.82, 2.24) is 0 Å². The van der Waals surface area contributed by atoms with Crippen LogP contribution in [0.3, 0.4) is 0 Å². The highest BCUT2D eigenvalue weighted by molar-refractivity contribution is 5.79. The van der Waals surface area contributed by atoms with Gasteiger partial charge in [-0.15, -0.1) is 0 Å². The molecule has 0 unspecified atom stereocenters. The van der Waals surface area contributed by atoms with Gasteiger partial charge in [0.2, 0.25) is 6.29 Å². The Kier molecular flexibility index (Phi) is 19.6. The van der Waals surface area contributed by atoms with E-state index >= 15 is 4.79 Å². The topological polar surface area (TPSA) is 470 Å². The Bertz CT molecular complexity index is 2510. The van der Waals surface area contributed by atoms with E-state index in [9.17, 15) is 91.6 Å². The Labute approximate surface area is 508 Å². The molecule has 504 valence electrons. The van der Waals surface area contributed by atoms with Crippen LogP contribution < -0.4 is 0 Å². The van der Waals surface area contributed by atoms with E-state index in [0.717, 1.165) is 5.57 Å². The molecule has 0 aromatic rings. The van der Waals surface area contributed by atoms with Gasteiger partial charge in [0.25, 0.3) is 0 Å². The number of carbonyl (C=O) groups excluding carboxylic acids is 1. The van der Waals surface area contributed by atoms with Crippen molar-refractivity contribution in [2.75, 3.05) is 26.4 Å². The Morgan fingerprint density at radius 2 is 1.09 bits per heavy atom. The third-order valence-corrected chi connectivity index (χ3v) is 23.1. The quantitative estimate of drug-likeness (QED) is 0.0443. The van der Waals surface area contributed by atoms with Gasteiger partial charge in [0.05, 0.1) is 55.6 Å². The van der Waals surface area contributed by atoms with Crippen molar-refractivity contribution < 1.29 is 144 Å². The summed E-state index contributed by atoms with van der Waals surface area (Å²) < 4.78 is 59.5. The second-order valence-corrected chi connectivity index (χ2v) is 28.4. The van der Waals surface area contributed by atoms with Crippen LogP contribution in [0.15, 0.2) is 11.6 Å². The zero-order chi connectivity index (χ0) is 64.4. The average Bonchev–Trinajstić information content (AvgIpc) is 0.673. The van der Waals surface area contributed by atoms with Crippen LogP contribution in [-0.2, 0) is 57.0 Å². The Morgan fingerprint density at radius 1 is 0.545 bits per heavy atom. The van der Waals surface area contributed by atoms with Gasteiger partial charge in [0.1, 0.15) is 104 Å². The van der Waals surface area contributed by atoms with Gasteiger partial charge in [0.15, 0.2) is 31.3 Å². The summed E-state index contributed by atoms with van der Waals surface area (Å²) in [5.74, 6) is -3.81. The van der Waals surface area contributed by atoms with Crippen molar-refractivity contribution in [2.24, 2.45) is 50.2 Å². The van der Waals surface area contributed by atoms with E-state index in [1.165, 1.54) is 20.8 Å². The zero-order valence-electron chi connectivity index (χ0n) is 50.5. The number of aliphatic hydroxyl groups excluding tert-OH is 16. The number of esters is 1. The highest BCUT2D eigenvalue weighted by Gasteiger charge is 2.74. The summed E-state index contributed by atoms with van der Waals surface area (Å²) in [5, 5.41) is 187. The number of fused-ring (bicyclic) bond motifs is 7. The lowest BCUT2D eigenvalue weighted by Crippen LogP contribution is -2.71. The summed E-state index contributed by atoms with van der Waals surface area (Å²) in [6.07, 6.45) is -39.0. The number of carboxylic acid groups (broad SMARTS) is 1. The molecule has 10 rings (SSSR count). The maximum Gasteiger partial charge on any atom is 0.315 e. The molecular formula is C59H94O29. The van der Waals surface area contributed by atoms with E-state index in [1.54, 1.807) is 0 Å². The fourth-order valence-corrected chi connectivity index (χ4v) is 17.8. The summed E-state index contributed by atoms with van der Waals surface area (Å²) in [4.78, 5) is 29.6. The Hall–Kier alpha value is -2.32. The average molecular weight is 1270 g/mol. The Balaban J connectivity index is 0.910. The van der Waals surface area contributed by atoms with E-state index < -0.39 is 236 Å². The SMILES string of the molecule is C[C@@H]1O[C@@H](O[C@H]2[C@H](OC(=O)[C@]34CCC(C)(C)C[C@H]3C3=CC[C@@H]5[C@@]6(C)C[C@H](O)[C@H](O[C@@H]7O[C@H](CO)[C@@H](O)[C@H](O)[C@H]7O[C@@H]7O[C@H](CO)[C@@H](O)[C@H](O)[C@H]7O)[C@@](C)(C(=O)O)[C@@H]6CC[C@@]5(C)[C@]3(CO)CC4)O[C@H](C)[C@H](O)[C@@H]2O)[C@H](O)[C@H](O)[C@H]1O[C@@H]1OC[C@@H](O)[C@H](O)[C@H]1O. The van der Waals surface area contributed by atoms with Crippen LogP contribution in [0.4, 0.5) is 0 Å². The number of carbonyl (C=O) groups is 2. The summed E-state index contributed by atoms with van der Waals surface area (Å²) in [7, 11) is 0. The molecular weight excluding hydrogens is 1170 g/mol. The van der Waals surface area contributed by atoms with Crippen LogP contribution in [0.1, 0.15) is 106 Å². The number of hydrogen-bond donors (Lipinski definition) is 17. The van der Waals surface area contributed by atoms with Crippen LogP contribution in [-0.4, -0.2) is 285 Å². The number of hydrogen-bond acceptors (Lipinski definition) is 28. The normalized spacial score (nSPS) is 54.6. The van der Waals surface area contributed by atoms with Crippen LogP contribution in [0, 0.1) is 50.2 Å². The molecule has 5 aliphatic carbocycles. The number of allylic oxidation sites excluding steroid dienone is 1. The van der Waals surface area contributed by atoms with Crippen molar-refractivity contribution >= 4 is 11.9 Å². The number of carboxylic acids is 1. The lowest BCUT2D eigenvalue weighted by atomic mass is 9.33. The van der Waals surface area contributed by atoms with Gasteiger partial charge in [0, 0.05) is 5.41 Å². The van der Waals surface area contributed by atoms with Gasteiger partial charge in [-0.05, 0) is 113 Å². The van der Waals surface area contributed by atoms with Gasteiger partial charge in [-0.3, -0.25) is 9.59 Å². The monoisotopic (exact) mass is 1270 g/mol. The van der Waals surface area contributed by atoms with Crippen LogP contribution in [0.25, 0.3) is 0 Å². The molecule has 5 aliphatic heterocycles. The fourth-order valence-electron chi connectivity index (χ4n) is 17.8. The maximum absolute atomic E-state index is 15.5. The predicted molar refractivity (Wildman–Crippen MR) is 291 cm³/mol. The van der Waals surface area contributed by atoms with Gasteiger partial charge in [-0.2, -0.15) is 0 Å². The molecule has 4 saturated carbocycles. The molecule has 10 aliphatic rings. The molecule has 0 bridgehead atoms. The largest absolute Gasteiger partial charge is 0.481 e. The first-order valence-corrected chi connectivity index (χ1v) is 30.9. The van der Waals surface area contributed by atoms with Gasteiger partial charge >= 0.3 is 11.9 Å². The molecule has 0 spiro atoms. The van der Waals surface area contributed by atoms with Crippen LogP contribution in [0.2, 0.25) is 0 Å². The summed E-state index contributed by atoms with van der Waals surface area (Å²) in [6, 6.07) is 0. The van der Waals surface area contributed by atoms with Crippen LogP contribution >= 0.6 is 0 Å². The minimum absolute atomic E-state index is 0.0580. The Morgan fingerprint density at radius 3 is 1.73 bits per heavy atom. The molecule has 34 atom stereocenters. The molecule has 5 saturated heterocycles. The van der Waals surface area contributed by atoms with Crippen LogP contribution in [0.5, 0.6) is 0 Å². The first-order valence-electron chi connectivity index (χ1n) is 30.9. The smallest absolute Gasteiger partial charge is 0.315 e. The second kappa shape index (κ2) is 25.1. The highest BCUT2D eigenvalue weighted by Crippen LogP contribution is 2.76. The summed E-state index contributed by atoms with van der Waals surface area (Å²) in [6.45, 7) is 10.1. The molecule has 0 aromatic heterocycles. The van der Waals surface area contributed by atoms with E-state index in [-0.39, 0.29) is 37.7 Å². The fraction of sp³-hybridized carbons (Fsp3) is 0.932. The van der Waals surface area contributed by atoms with Crippen molar-refractivity contribution in [3.63, 3.8) is 0 Å². The van der Waals surface area contributed by atoms with Crippen molar-refractivity contribution in [2.45, 2.75) is 266 Å². The van der Waals surface area contributed by atoms with E-state index in [2.05, 4.69) is 26.8 Å². The molecule has 29 nitrogen and oxygen atoms in total. The van der Waals surface area contributed by atoms with Crippen molar-refractivity contribution in [3.8, 4) is 0 Å². The molecule has 0 amide bonds. The van der Waals surface area contributed by atoms with Gasteiger partial charge in [-0.1, -0.05) is 39.3 Å². The number of ether oxygens (including phenoxy) is 10. The minimum atomic E-state index is -1.98. The molecule has 17 N–H and O–H groups in total. The second-order valence-electron chi connectivity index (χ2n) is 28.4. The number of rotatable bonds is 14. The molecule has 0 radical (unpaired) electrons. The number of aliphatic carboxylic acids is 1. The first kappa shape index (κ1) is 68.5. The van der Waals surface area contributed by atoms with Gasteiger partial charge < -0.3 is 134 Å². The minimum Gasteiger partial charge on any atom is -0.481 e. The third kappa shape index (κ3) is 11.0. The standard InChI is InChI=1S/C59H94O29/c1-22-32(65)37(70)44(85-48-42(75)39(72)43(23(2)81-48)84-47-40(73)33(66)27(64)20-79-47)50(80-22)88-53(78)58-13-12-54(3,4)16-25(58)24-8-9-30-55(5)17-26(63)46(57(7,52(76)77)31(55)10-11-56(30,6)59(24,21-62)15-14-58)87-51-45(38(71)35(68)29(19-61)83-51)86-49-41(74)36(69)34(67)28(18-60)82-49/h8,22-23,25-51,60-75H,9-21H2,1-7H3,(H,76,77)/t22-,23+,25+,26+,27-,28-,29-,30-,31-,32+,33+,34-,35-,36+,37+,38+,39+,40-,41-,42-,43+,44-,45-,46+,47+,48+,49+,50+,51+,55-,56-,57+,58+,59+/m1/s1. The number of aliphatic hydroxyl groups is 16. The molecule has 29 heteroatoms. The van der Waals surface area contributed by atoms with Crippen molar-refractivity contribution in [1.29, 1.82) is 0 Å². The first-order chi connectivity index (χ1) is 41.2. The summed E-state index contributed by atoms with van der Waals surface area (Å²) in [5.41, 5.74) is -5.56. The molecule has 5 heterocycles. The maximum atomic E-state index is 15.5. The highest BCUT2D eigenvalue weighted by atomic mass is 16.8. The molecule has 9 fully saturated rings. The molecule has 0 aromatic carbocycles. The predicted octanol–water partition coefficient (Wildman–Crippen LogP) is -4.51. The lowest BCUT2D eigenvalue weighted by Gasteiger charge is -2.71.